The van der Waals surface area contributed by atoms with E-state index in [1.165, 1.54) is 13.0 Å². The molecule has 1 aromatic carbocycles. The molecule has 0 aliphatic carbocycles. The molecule has 1 rings (SSSR count). The lowest BCUT2D eigenvalue weighted by Gasteiger charge is -2.19. The van der Waals surface area contributed by atoms with Gasteiger partial charge in [0.25, 0.3) is 5.91 Å². The van der Waals surface area contributed by atoms with Crippen LogP contribution in [0.15, 0.2) is 18.2 Å². The zero-order valence-electron chi connectivity index (χ0n) is 13.4. The third-order valence-corrected chi connectivity index (χ3v) is 4.22. The monoisotopic (exact) mass is 374 g/mol. The lowest BCUT2D eigenvalue weighted by atomic mass is 10.1. The first-order chi connectivity index (χ1) is 11.3. The van der Waals surface area contributed by atoms with Gasteiger partial charge in [-0.05, 0) is 25.5 Å². The molecule has 2 atom stereocenters. The number of carboxylic acid groups (broad SMARTS) is 1. The van der Waals surface area contributed by atoms with Crippen molar-refractivity contribution in [2.75, 3.05) is 0 Å². The largest absolute Gasteiger partial charge is 0.480 e. The van der Waals surface area contributed by atoms with E-state index in [0.717, 1.165) is 6.42 Å². The van der Waals surface area contributed by atoms with Crippen LogP contribution in [0.2, 0.25) is 10.0 Å². The predicted octanol–water partition coefficient (Wildman–Crippen LogP) is 2.87. The Kier molecular flexibility index (Phi) is 8.01. The van der Waals surface area contributed by atoms with Gasteiger partial charge >= 0.3 is 5.97 Å². The number of aliphatic carboxylic acids is 1. The van der Waals surface area contributed by atoms with Crippen molar-refractivity contribution in [2.24, 2.45) is 0 Å². The van der Waals surface area contributed by atoms with Crippen LogP contribution in [0.4, 0.5) is 0 Å². The highest BCUT2D eigenvalue weighted by atomic mass is 35.5. The molecule has 0 radical (unpaired) electrons. The van der Waals surface area contributed by atoms with Gasteiger partial charge < -0.3 is 15.7 Å². The summed E-state index contributed by atoms with van der Waals surface area (Å²) in [6.45, 7) is 3.39. The molecule has 0 bridgehead atoms. The average molecular weight is 375 g/mol. The molecule has 0 saturated heterocycles. The smallest absolute Gasteiger partial charge is 0.326 e. The van der Waals surface area contributed by atoms with Gasteiger partial charge in [0.05, 0.1) is 15.6 Å². The van der Waals surface area contributed by atoms with Crippen LogP contribution in [-0.2, 0) is 9.59 Å². The number of hydrogen-bond acceptors (Lipinski definition) is 3. The molecule has 2 unspecified atom stereocenters. The summed E-state index contributed by atoms with van der Waals surface area (Å²) in [5.41, 5.74) is 0.143. The van der Waals surface area contributed by atoms with Crippen LogP contribution in [0.25, 0.3) is 0 Å². The molecule has 0 saturated carbocycles. The molecule has 6 nitrogen and oxygen atoms in total. The Morgan fingerprint density at radius 2 is 1.88 bits per heavy atom. The predicted molar refractivity (Wildman–Crippen MR) is 92.5 cm³/mol. The maximum Gasteiger partial charge on any atom is 0.326 e. The number of rotatable bonds is 8. The highest BCUT2D eigenvalue weighted by Gasteiger charge is 2.24. The number of carbonyl (C=O) groups is 3. The number of nitrogens with one attached hydrogen (secondary N) is 2. The first-order valence-electron chi connectivity index (χ1n) is 7.56. The van der Waals surface area contributed by atoms with Crippen LogP contribution in [-0.4, -0.2) is 35.0 Å². The number of carbonyl (C=O) groups excluding carboxylic acids is 2. The van der Waals surface area contributed by atoms with Crippen LogP contribution in [0.1, 0.15) is 43.5 Å². The molecule has 0 fully saturated rings. The van der Waals surface area contributed by atoms with Gasteiger partial charge in [-0.3, -0.25) is 9.59 Å². The fourth-order valence-electron chi connectivity index (χ4n) is 1.98. The molecule has 0 spiro atoms. The minimum absolute atomic E-state index is 0.0932. The molecular formula is C16H20Cl2N2O4. The van der Waals surface area contributed by atoms with Gasteiger partial charge in [0.2, 0.25) is 5.91 Å². The summed E-state index contributed by atoms with van der Waals surface area (Å²) in [4.78, 5) is 35.4. The summed E-state index contributed by atoms with van der Waals surface area (Å²) in [7, 11) is 0. The highest BCUT2D eigenvalue weighted by molar-refractivity contribution is 6.43. The second kappa shape index (κ2) is 9.49. The summed E-state index contributed by atoms with van der Waals surface area (Å²) in [5.74, 6) is -2.25. The molecule has 3 N–H and O–H groups in total. The molecule has 0 aromatic heterocycles. The molecule has 1 aromatic rings. The van der Waals surface area contributed by atoms with Crippen LogP contribution >= 0.6 is 23.2 Å². The Bertz CT molecular complexity index is 622. The van der Waals surface area contributed by atoms with Gasteiger partial charge in [-0.15, -0.1) is 0 Å². The molecular weight excluding hydrogens is 355 g/mol. The highest BCUT2D eigenvalue weighted by Crippen LogP contribution is 2.25. The maximum absolute atomic E-state index is 12.2. The summed E-state index contributed by atoms with van der Waals surface area (Å²) in [5, 5.41) is 14.3. The van der Waals surface area contributed by atoms with Crippen molar-refractivity contribution in [1.82, 2.24) is 10.6 Å². The Morgan fingerprint density at radius 3 is 2.46 bits per heavy atom. The number of amides is 2. The third kappa shape index (κ3) is 5.69. The Morgan fingerprint density at radius 1 is 1.21 bits per heavy atom. The van der Waals surface area contributed by atoms with Gasteiger partial charge in [-0.25, -0.2) is 4.79 Å². The van der Waals surface area contributed by atoms with E-state index in [1.54, 1.807) is 12.1 Å². The van der Waals surface area contributed by atoms with E-state index in [9.17, 15) is 14.4 Å². The van der Waals surface area contributed by atoms with Crippen molar-refractivity contribution in [1.29, 1.82) is 0 Å². The van der Waals surface area contributed by atoms with E-state index in [0.29, 0.717) is 12.8 Å². The topological polar surface area (TPSA) is 95.5 Å². The number of benzene rings is 1. The van der Waals surface area contributed by atoms with E-state index >= 15 is 0 Å². The molecule has 8 heteroatoms. The van der Waals surface area contributed by atoms with Gasteiger partial charge in [0.1, 0.15) is 12.1 Å². The van der Waals surface area contributed by atoms with Crippen molar-refractivity contribution in [3.8, 4) is 0 Å². The standard InChI is InChI=1S/C16H20Cl2N2O4/c1-3-4-8-12(16(23)24)20-14(21)9(2)19-15(22)10-6-5-7-11(17)13(10)18/h5-7,9,12H,3-4,8H2,1-2H3,(H,19,22)(H,20,21)(H,23,24). The van der Waals surface area contributed by atoms with E-state index in [2.05, 4.69) is 10.6 Å². The molecule has 0 aliphatic heterocycles. The maximum atomic E-state index is 12.2. The first-order valence-corrected chi connectivity index (χ1v) is 8.31. The lowest BCUT2D eigenvalue weighted by Crippen LogP contribution is -2.50. The number of carboxylic acids is 1. The fourth-order valence-corrected chi connectivity index (χ4v) is 2.37. The molecule has 2 amide bonds. The van der Waals surface area contributed by atoms with Gasteiger partial charge in [-0.2, -0.15) is 0 Å². The minimum Gasteiger partial charge on any atom is -0.480 e. The van der Waals surface area contributed by atoms with Crippen LogP contribution < -0.4 is 10.6 Å². The van der Waals surface area contributed by atoms with E-state index < -0.39 is 29.9 Å². The number of halogens is 2. The lowest BCUT2D eigenvalue weighted by molar-refractivity contribution is -0.142. The van der Waals surface area contributed by atoms with Crippen molar-refractivity contribution in [2.45, 2.75) is 45.2 Å². The van der Waals surface area contributed by atoms with E-state index in [-0.39, 0.29) is 15.6 Å². The fraction of sp³-hybridized carbons (Fsp3) is 0.438. The van der Waals surface area contributed by atoms with E-state index in [4.69, 9.17) is 28.3 Å². The SMILES string of the molecule is CCCCC(NC(=O)C(C)NC(=O)c1cccc(Cl)c1Cl)C(=O)O. The Hall–Kier alpha value is -1.79. The van der Waals surface area contributed by atoms with Crippen LogP contribution in [0.5, 0.6) is 0 Å². The summed E-state index contributed by atoms with van der Waals surface area (Å²) >= 11 is 11.8. The van der Waals surface area contributed by atoms with Crippen molar-refractivity contribution < 1.29 is 19.5 Å². The van der Waals surface area contributed by atoms with Gasteiger partial charge in [0, 0.05) is 0 Å². The summed E-state index contributed by atoms with van der Waals surface area (Å²) in [6.07, 6.45) is 1.83. The first kappa shape index (κ1) is 20.3. The Balaban J connectivity index is 2.70. The van der Waals surface area contributed by atoms with Crippen molar-refractivity contribution >= 4 is 41.0 Å². The number of unbranched alkanes of at least 4 members (excludes halogenated alkanes) is 1. The second-order valence-electron chi connectivity index (χ2n) is 5.34. The van der Waals surface area contributed by atoms with Gasteiger partial charge in [0.15, 0.2) is 0 Å². The Labute approximate surface area is 150 Å². The molecule has 24 heavy (non-hydrogen) atoms. The third-order valence-electron chi connectivity index (χ3n) is 3.40. The summed E-state index contributed by atoms with van der Waals surface area (Å²) in [6, 6.07) is 2.69. The van der Waals surface area contributed by atoms with Crippen LogP contribution in [0.3, 0.4) is 0 Å². The van der Waals surface area contributed by atoms with Gasteiger partial charge in [-0.1, -0.05) is 49.0 Å². The average Bonchev–Trinajstić information content (AvgIpc) is 2.53. The van der Waals surface area contributed by atoms with Crippen molar-refractivity contribution in [3.05, 3.63) is 33.8 Å². The zero-order chi connectivity index (χ0) is 18.3. The number of hydrogen-bond donors (Lipinski definition) is 3. The normalized spacial score (nSPS) is 13.0. The minimum atomic E-state index is -1.10. The van der Waals surface area contributed by atoms with Crippen molar-refractivity contribution in [3.63, 3.8) is 0 Å². The molecule has 132 valence electrons. The molecule has 0 heterocycles. The van der Waals surface area contributed by atoms with E-state index in [1.807, 2.05) is 6.92 Å². The summed E-state index contributed by atoms with van der Waals surface area (Å²) < 4.78 is 0. The van der Waals surface area contributed by atoms with Crippen LogP contribution in [0, 0.1) is 0 Å². The quantitative estimate of drug-likeness (QED) is 0.651. The second-order valence-corrected chi connectivity index (χ2v) is 6.12. The molecule has 0 aliphatic rings. The zero-order valence-corrected chi connectivity index (χ0v) is 14.9.